The van der Waals surface area contributed by atoms with E-state index in [1.165, 1.54) is 11.2 Å². The van der Waals surface area contributed by atoms with Crippen molar-refractivity contribution in [3.05, 3.63) is 65.2 Å². The molecule has 0 radical (unpaired) electrons. The van der Waals surface area contributed by atoms with Crippen molar-refractivity contribution < 1.29 is 23.5 Å². The van der Waals surface area contributed by atoms with Crippen LogP contribution in [0, 0.1) is 6.92 Å². The number of carbonyl (C=O) groups excluding carboxylic acids is 1. The molecule has 138 valence electrons. The maximum atomic E-state index is 12.9. The van der Waals surface area contributed by atoms with Gasteiger partial charge in [-0.2, -0.15) is 0 Å². The van der Waals surface area contributed by atoms with Crippen LogP contribution in [0.15, 0.2) is 51.5 Å². The van der Waals surface area contributed by atoms with Crippen molar-refractivity contribution in [3.8, 4) is 11.7 Å². The van der Waals surface area contributed by atoms with E-state index in [2.05, 4.69) is 4.98 Å². The Morgan fingerprint density at radius 1 is 1.22 bits per heavy atom. The van der Waals surface area contributed by atoms with Gasteiger partial charge in [0.15, 0.2) is 5.76 Å². The number of rotatable bonds is 4. The van der Waals surface area contributed by atoms with E-state index in [9.17, 15) is 14.7 Å². The Bertz CT molecular complexity index is 990. The second-order valence-electron chi connectivity index (χ2n) is 6.52. The van der Waals surface area contributed by atoms with Gasteiger partial charge in [0, 0.05) is 13.0 Å². The van der Waals surface area contributed by atoms with E-state index in [1.807, 2.05) is 24.3 Å². The van der Waals surface area contributed by atoms with Gasteiger partial charge in [-0.3, -0.25) is 4.79 Å². The van der Waals surface area contributed by atoms with Crippen LogP contribution in [0.3, 0.4) is 0 Å². The van der Waals surface area contributed by atoms with E-state index in [0.717, 1.165) is 11.1 Å². The average molecular weight is 366 g/mol. The molecule has 7 nitrogen and oxygen atoms in total. The van der Waals surface area contributed by atoms with Gasteiger partial charge < -0.3 is 18.8 Å². The molecule has 0 fully saturated rings. The molecule has 1 amide bonds. The Kier molecular flexibility index (Phi) is 4.27. The average Bonchev–Trinajstić information content (AvgIpc) is 3.31. The normalized spacial score (nSPS) is 16.2. The fraction of sp³-hybridized carbons (Fsp3) is 0.250. The number of hydrogen-bond donors (Lipinski definition) is 1. The van der Waals surface area contributed by atoms with Gasteiger partial charge in [-0.05, 0) is 30.2 Å². The number of carbonyl (C=O) groups is 2. The molecule has 0 aliphatic carbocycles. The number of fused-ring (bicyclic) bond motifs is 1. The molecule has 3 heterocycles. The maximum Gasteiger partial charge on any atom is 0.326 e. The van der Waals surface area contributed by atoms with Gasteiger partial charge in [0.25, 0.3) is 5.89 Å². The van der Waals surface area contributed by atoms with Gasteiger partial charge in [0.1, 0.15) is 11.8 Å². The standard InChI is InChI=1S/C20H18N2O5/c1-12-15(21-19(27-12)17-7-4-8-26-17)10-18(23)22-11-14-6-3-2-5-13(14)9-16(22)20(24)25/h2-8,16H,9-11H2,1H3,(H,24,25)/t16-/m1/s1. The van der Waals surface area contributed by atoms with E-state index in [0.29, 0.717) is 29.5 Å². The Morgan fingerprint density at radius 2 is 2.00 bits per heavy atom. The monoisotopic (exact) mass is 366 g/mol. The molecule has 1 aliphatic heterocycles. The number of benzene rings is 1. The summed E-state index contributed by atoms with van der Waals surface area (Å²) in [6.45, 7) is 2.00. The SMILES string of the molecule is Cc1oc(-c2ccco2)nc1CC(=O)N1Cc2ccccc2C[C@@H]1C(=O)O. The molecule has 4 rings (SSSR count). The van der Waals surface area contributed by atoms with Crippen LogP contribution in [-0.4, -0.2) is 32.9 Å². The van der Waals surface area contributed by atoms with E-state index < -0.39 is 12.0 Å². The van der Waals surface area contributed by atoms with Crippen molar-refractivity contribution in [2.45, 2.75) is 32.4 Å². The van der Waals surface area contributed by atoms with E-state index in [1.54, 1.807) is 19.1 Å². The quantitative estimate of drug-likeness (QED) is 0.763. The molecule has 1 aliphatic rings. The lowest BCUT2D eigenvalue weighted by atomic mass is 9.93. The molecule has 0 saturated carbocycles. The lowest BCUT2D eigenvalue weighted by Crippen LogP contribution is -2.49. The molecule has 0 spiro atoms. The third-order valence-electron chi connectivity index (χ3n) is 4.80. The summed E-state index contributed by atoms with van der Waals surface area (Å²) < 4.78 is 10.9. The number of hydrogen-bond acceptors (Lipinski definition) is 5. The first kappa shape index (κ1) is 17.1. The molecule has 7 heteroatoms. The Labute approximate surface area is 155 Å². The molecular weight excluding hydrogens is 348 g/mol. The number of oxazole rings is 1. The Morgan fingerprint density at radius 3 is 2.70 bits per heavy atom. The highest BCUT2D eigenvalue weighted by Gasteiger charge is 2.35. The molecule has 1 atom stereocenters. The number of furan rings is 1. The van der Waals surface area contributed by atoms with E-state index in [4.69, 9.17) is 8.83 Å². The summed E-state index contributed by atoms with van der Waals surface area (Å²) >= 11 is 0. The van der Waals surface area contributed by atoms with Crippen LogP contribution in [0.4, 0.5) is 0 Å². The highest BCUT2D eigenvalue weighted by molar-refractivity contribution is 5.85. The molecular formula is C20H18N2O5. The zero-order valence-electron chi connectivity index (χ0n) is 14.7. The minimum absolute atomic E-state index is 0.0258. The lowest BCUT2D eigenvalue weighted by molar-refractivity contribution is -0.151. The predicted molar refractivity (Wildman–Crippen MR) is 94.8 cm³/mol. The summed E-state index contributed by atoms with van der Waals surface area (Å²) in [6, 6.07) is 10.2. The van der Waals surface area contributed by atoms with Crippen molar-refractivity contribution >= 4 is 11.9 Å². The first-order chi connectivity index (χ1) is 13.0. The summed E-state index contributed by atoms with van der Waals surface area (Å²) in [7, 11) is 0. The molecule has 2 aromatic heterocycles. The summed E-state index contributed by atoms with van der Waals surface area (Å²) in [5.41, 5.74) is 2.41. The third-order valence-corrected chi connectivity index (χ3v) is 4.80. The Balaban J connectivity index is 1.58. The predicted octanol–water partition coefficient (Wildman–Crippen LogP) is 2.82. The van der Waals surface area contributed by atoms with Gasteiger partial charge in [0.2, 0.25) is 5.91 Å². The van der Waals surface area contributed by atoms with Crippen molar-refractivity contribution in [1.29, 1.82) is 0 Å². The molecule has 1 aromatic carbocycles. The molecule has 0 unspecified atom stereocenters. The molecule has 27 heavy (non-hydrogen) atoms. The molecule has 3 aromatic rings. The largest absolute Gasteiger partial charge is 0.480 e. The number of carboxylic acid groups (broad SMARTS) is 1. The number of aliphatic carboxylic acids is 1. The van der Waals surface area contributed by atoms with E-state index >= 15 is 0 Å². The molecule has 0 bridgehead atoms. The van der Waals surface area contributed by atoms with Crippen LogP contribution >= 0.6 is 0 Å². The van der Waals surface area contributed by atoms with Crippen molar-refractivity contribution in [2.24, 2.45) is 0 Å². The molecule has 0 saturated heterocycles. The number of aromatic nitrogens is 1. The zero-order chi connectivity index (χ0) is 19.0. The second-order valence-corrected chi connectivity index (χ2v) is 6.52. The van der Waals surface area contributed by atoms with Crippen LogP contribution in [-0.2, 0) is 29.0 Å². The third kappa shape index (κ3) is 3.23. The first-order valence-electron chi connectivity index (χ1n) is 8.62. The van der Waals surface area contributed by atoms with Gasteiger partial charge >= 0.3 is 5.97 Å². The zero-order valence-corrected chi connectivity index (χ0v) is 14.7. The van der Waals surface area contributed by atoms with Gasteiger partial charge in [0.05, 0.1) is 18.4 Å². The van der Waals surface area contributed by atoms with Crippen LogP contribution in [0.25, 0.3) is 11.7 Å². The van der Waals surface area contributed by atoms with Gasteiger partial charge in [-0.15, -0.1) is 0 Å². The molecule has 1 N–H and O–H groups in total. The van der Waals surface area contributed by atoms with Crippen LogP contribution < -0.4 is 0 Å². The van der Waals surface area contributed by atoms with E-state index in [-0.39, 0.29) is 18.9 Å². The highest BCUT2D eigenvalue weighted by Crippen LogP contribution is 2.26. The maximum absolute atomic E-state index is 12.9. The van der Waals surface area contributed by atoms with Crippen LogP contribution in [0.5, 0.6) is 0 Å². The van der Waals surface area contributed by atoms with Crippen molar-refractivity contribution in [1.82, 2.24) is 9.88 Å². The first-order valence-corrected chi connectivity index (χ1v) is 8.62. The van der Waals surface area contributed by atoms with Crippen molar-refractivity contribution in [3.63, 3.8) is 0 Å². The Hall–Kier alpha value is -3.35. The van der Waals surface area contributed by atoms with Gasteiger partial charge in [-0.25, -0.2) is 9.78 Å². The smallest absolute Gasteiger partial charge is 0.326 e. The number of amides is 1. The topological polar surface area (TPSA) is 96.8 Å². The summed E-state index contributed by atoms with van der Waals surface area (Å²) in [5.74, 6) is -0.00415. The minimum Gasteiger partial charge on any atom is -0.480 e. The fourth-order valence-electron chi connectivity index (χ4n) is 3.35. The highest BCUT2D eigenvalue weighted by atomic mass is 16.4. The number of carboxylic acids is 1. The van der Waals surface area contributed by atoms with Crippen LogP contribution in [0.1, 0.15) is 22.6 Å². The lowest BCUT2D eigenvalue weighted by Gasteiger charge is -2.34. The fourth-order valence-corrected chi connectivity index (χ4v) is 3.35. The number of nitrogens with zero attached hydrogens (tertiary/aromatic N) is 2. The summed E-state index contributed by atoms with van der Waals surface area (Å²) in [6.07, 6.45) is 1.79. The number of aryl methyl sites for hydroxylation is 1. The van der Waals surface area contributed by atoms with Crippen molar-refractivity contribution in [2.75, 3.05) is 0 Å². The summed E-state index contributed by atoms with van der Waals surface area (Å²) in [4.78, 5) is 30.4. The minimum atomic E-state index is -1.01. The van der Waals surface area contributed by atoms with Crippen LogP contribution in [0.2, 0.25) is 0 Å². The second kappa shape index (κ2) is 6.75. The summed E-state index contributed by atoms with van der Waals surface area (Å²) in [5, 5.41) is 9.59. The van der Waals surface area contributed by atoms with Gasteiger partial charge in [-0.1, -0.05) is 24.3 Å².